The zero-order chi connectivity index (χ0) is 23.9. The molecule has 0 heterocycles. The number of benzene rings is 1. The number of hydrogen-bond acceptors (Lipinski definition) is 4. The first-order valence-corrected chi connectivity index (χ1v) is 15.4. The highest BCUT2D eigenvalue weighted by Gasteiger charge is 2.46. The minimum Gasteiger partial charge on any atom is -0.490 e. The first kappa shape index (κ1) is 25.6. The number of alkyl carbamates (subject to hydrolysis) is 1. The van der Waals surface area contributed by atoms with Crippen molar-refractivity contribution in [1.82, 2.24) is 5.32 Å². The van der Waals surface area contributed by atoms with E-state index < -0.39 is 13.9 Å². The number of carbonyl (C=O) groups excluding carboxylic acids is 1. The molecule has 0 radical (unpaired) electrons. The van der Waals surface area contributed by atoms with Gasteiger partial charge < -0.3 is 19.2 Å². The van der Waals surface area contributed by atoms with Crippen molar-refractivity contribution < 1.29 is 18.7 Å². The summed E-state index contributed by atoms with van der Waals surface area (Å²) in [7, 11) is -1.74. The average molecular weight is 527 g/mol. The van der Waals surface area contributed by atoms with Crippen LogP contribution in [0.25, 0.3) is 0 Å². The maximum absolute atomic E-state index is 12.2. The molecule has 5 nitrogen and oxygen atoms in total. The van der Waals surface area contributed by atoms with Crippen molar-refractivity contribution in [1.29, 1.82) is 0 Å². The molecule has 7 heteroatoms. The van der Waals surface area contributed by atoms with Crippen LogP contribution >= 0.6 is 15.9 Å². The summed E-state index contributed by atoms with van der Waals surface area (Å²) in [6, 6.07) is 4.23. The lowest BCUT2D eigenvalue weighted by atomic mass is 10.1. The Labute approximate surface area is 203 Å². The molecule has 0 spiro atoms. The summed E-state index contributed by atoms with van der Waals surface area (Å²) in [5, 5.41) is 3.23. The summed E-state index contributed by atoms with van der Waals surface area (Å²) in [6.45, 7) is 18.4. The van der Waals surface area contributed by atoms with Crippen molar-refractivity contribution >= 4 is 30.3 Å². The summed E-state index contributed by atoms with van der Waals surface area (Å²) in [6.07, 6.45) is 3.48. The third-order valence-electron chi connectivity index (χ3n) is 6.92. The summed E-state index contributed by atoms with van der Waals surface area (Å²) in [4.78, 5) is 12.2. The van der Waals surface area contributed by atoms with E-state index in [2.05, 4.69) is 61.2 Å². The van der Waals surface area contributed by atoms with Gasteiger partial charge in [-0.15, -0.1) is 0 Å². The number of halogens is 1. The van der Waals surface area contributed by atoms with E-state index in [0.717, 1.165) is 42.5 Å². The number of ether oxygens (including phenoxy) is 2. The molecule has 32 heavy (non-hydrogen) atoms. The highest BCUT2D eigenvalue weighted by Crippen LogP contribution is 2.42. The molecule has 0 aliphatic heterocycles. The molecule has 1 amide bonds. The highest BCUT2D eigenvalue weighted by atomic mass is 79.9. The molecule has 2 aliphatic carbocycles. The molecule has 0 saturated heterocycles. The van der Waals surface area contributed by atoms with Crippen molar-refractivity contribution in [3.05, 3.63) is 27.7 Å². The van der Waals surface area contributed by atoms with Crippen LogP contribution in [0.3, 0.4) is 0 Å². The molecular weight excluding hydrogens is 486 g/mol. The molecule has 1 unspecified atom stereocenters. The number of fused-ring (bicyclic) bond motifs is 1. The van der Waals surface area contributed by atoms with Gasteiger partial charge >= 0.3 is 6.09 Å². The van der Waals surface area contributed by atoms with Gasteiger partial charge in [0.15, 0.2) is 8.32 Å². The van der Waals surface area contributed by atoms with Crippen molar-refractivity contribution in [2.45, 2.75) is 96.5 Å². The van der Waals surface area contributed by atoms with Gasteiger partial charge in [0.25, 0.3) is 0 Å². The van der Waals surface area contributed by atoms with Crippen LogP contribution in [0.15, 0.2) is 16.6 Å². The van der Waals surface area contributed by atoms with Gasteiger partial charge in [0, 0.05) is 6.61 Å². The van der Waals surface area contributed by atoms with Gasteiger partial charge in [0.2, 0.25) is 0 Å². The minimum atomic E-state index is -1.74. The van der Waals surface area contributed by atoms with Crippen LogP contribution in [-0.2, 0) is 22.0 Å². The molecule has 1 atom stereocenters. The maximum Gasteiger partial charge on any atom is 0.408 e. The lowest BCUT2D eigenvalue weighted by Crippen LogP contribution is -2.44. The smallest absolute Gasteiger partial charge is 0.408 e. The standard InChI is InChI=1S/C25H40BrNO4Si/c1-23(2,3)31-22(28)27-25(11-12-25)16-29-20-10-9-18-13-17(14-19(18)21(20)26)15-30-32(7,8)24(4,5)6/h9-10,17H,11-16H2,1-8H3,(H,27,28). The summed E-state index contributed by atoms with van der Waals surface area (Å²) in [5.41, 5.74) is 1.88. The maximum atomic E-state index is 12.2. The van der Waals surface area contributed by atoms with Crippen molar-refractivity contribution in [2.24, 2.45) is 5.92 Å². The lowest BCUT2D eigenvalue weighted by Gasteiger charge is -2.37. The molecule has 1 N–H and O–H groups in total. The fraction of sp³-hybridized carbons (Fsp3) is 0.720. The number of hydrogen-bond donors (Lipinski definition) is 1. The average Bonchev–Trinajstić information content (AvgIpc) is 3.24. The van der Waals surface area contributed by atoms with E-state index in [1.165, 1.54) is 11.1 Å². The SMILES string of the molecule is CC(C)(C)OC(=O)NC1(COc2ccc3c(c2Br)CC(CO[Si](C)(C)C(C)(C)C)C3)CC1. The molecular formula is C25H40BrNO4Si. The monoisotopic (exact) mass is 525 g/mol. The van der Waals surface area contributed by atoms with Gasteiger partial charge in [-0.2, -0.15) is 0 Å². The Morgan fingerprint density at radius 1 is 1.16 bits per heavy atom. The van der Waals surface area contributed by atoms with E-state index >= 15 is 0 Å². The van der Waals surface area contributed by atoms with Crippen LogP contribution in [0.2, 0.25) is 18.1 Å². The van der Waals surface area contributed by atoms with Crippen LogP contribution < -0.4 is 10.1 Å². The molecule has 1 fully saturated rings. The Bertz CT molecular complexity index is 853. The van der Waals surface area contributed by atoms with Crippen LogP contribution in [0.5, 0.6) is 5.75 Å². The van der Waals surface area contributed by atoms with Crippen LogP contribution in [0.1, 0.15) is 65.5 Å². The molecule has 1 saturated carbocycles. The van der Waals surface area contributed by atoms with Crippen LogP contribution in [0, 0.1) is 5.92 Å². The summed E-state index contributed by atoms with van der Waals surface area (Å²) in [5.74, 6) is 1.35. The fourth-order valence-electron chi connectivity index (χ4n) is 3.69. The number of carbonyl (C=O) groups is 1. The van der Waals surface area contributed by atoms with Gasteiger partial charge in [-0.3, -0.25) is 0 Å². The first-order valence-electron chi connectivity index (χ1n) is 11.7. The Morgan fingerprint density at radius 2 is 1.81 bits per heavy atom. The second kappa shape index (κ2) is 8.95. The van der Waals surface area contributed by atoms with E-state index in [-0.39, 0.29) is 16.7 Å². The topological polar surface area (TPSA) is 56.8 Å². The quantitative estimate of drug-likeness (QED) is 0.406. The molecule has 0 bridgehead atoms. The van der Waals surface area contributed by atoms with Crippen LogP contribution in [-0.4, -0.2) is 38.8 Å². The predicted octanol–water partition coefficient (Wildman–Crippen LogP) is 6.62. The largest absolute Gasteiger partial charge is 0.490 e. The van der Waals surface area contributed by atoms with Crippen molar-refractivity contribution in [3.63, 3.8) is 0 Å². The third-order valence-corrected chi connectivity index (χ3v) is 12.3. The molecule has 1 aromatic rings. The van der Waals surface area contributed by atoms with E-state index in [1.807, 2.05) is 26.8 Å². The third kappa shape index (κ3) is 6.29. The normalized spacial score (nSPS) is 20.0. The zero-order valence-electron chi connectivity index (χ0n) is 21.0. The first-order chi connectivity index (χ1) is 14.6. The molecule has 3 rings (SSSR count). The second-order valence-electron chi connectivity index (χ2n) is 12.1. The van der Waals surface area contributed by atoms with Gasteiger partial charge in [0.05, 0.1) is 10.0 Å². The number of rotatable bonds is 7. The summed E-state index contributed by atoms with van der Waals surface area (Å²) >= 11 is 3.79. The van der Waals surface area contributed by atoms with E-state index in [9.17, 15) is 4.79 Å². The fourth-order valence-corrected chi connectivity index (χ4v) is 5.44. The predicted molar refractivity (Wildman–Crippen MR) is 135 cm³/mol. The van der Waals surface area contributed by atoms with E-state index in [1.54, 1.807) is 0 Å². The Morgan fingerprint density at radius 3 is 2.38 bits per heavy atom. The van der Waals surface area contributed by atoms with Gasteiger partial charge in [-0.25, -0.2) is 4.79 Å². The van der Waals surface area contributed by atoms with Gasteiger partial charge in [0.1, 0.15) is 18.0 Å². The Kier molecular flexibility index (Phi) is 7.15. The minimum absolute atomic E-state index is 0.228. The van der Waals surface area contributed by atoms with Crippen molar-refractivity contribution in [3.8, 4) is 5.75 Å². The van der Waals surface area contributed by atoms with Gasteiger partial charge in [-0.1, -0.05) is 26.8 Å². The molecule has 0 aromatic heterocycles. The lowest BCUT2D eigenvalue weighted by molar-refractivity contribution is 0.0477. The molecule has 180 valence electrons. The van der Waals surface area contributed by atoms with Crippen LogP contribution in [0.4, 0.5) is 4.79 Å². The van der Waals surface area contributed by atoms with Gasteiger partial charge in [-0.05, 0) is 104 Å². The zero-order valence-corrected chi connectivity index (χ0v) is 23.6. The molecule has 2 aliphatic rings. The molecule has 1 aromatic carbocycles. The number of amides is 1. The number of nitrogens with one attached hydrogen (secondary N) is 1. The second-order valence-corrected chi connectivity index (χ2v) is 17.7. The summed E-state index contributed by atoms with van der Waals surface area (Å²) < 4.78 is 19.1. The highest BCUT2D eigenvalue weighted by molar-refractivity contribution is 9.10. The Hall–Kier alpha value is -1.05. The Balaban J connectivity index is 1.57. The van der Waals surface area contributed by atoms with E-state index in [0.29, 0.717) is 12.5 Å². The van der Waals surface area contributed by atoms with E-state index in [4.69, 9.17) is 13.9 Å². The van der Waals surface area contributed by atoms with Crippen molar-refractivity contribution in [2.75, 3.05) is 13.2 Å².